The van der Waals surface area contributed by atoms with Crippen LogP contribution in [0.15, 0.2) is 24.3 Å². The molecule has 1 amide bonds. The third-order valence-electron chi connectivity index (χ3n) is 4.11. The average Bonchev–Trinajstić information content (AvgIpc) is 2.51. The van der Waals surface area contributed by atoms with Gasteiger partial charge in [0.2, 0.25) is 5.91 Å². The fraction of sp³-hybridized carbons (Fsp3) is 0.562. The Morgan fingerprint density at radius 1 is 1.26 bits per heavy atom. The second-order valence-electron chi connectivity index (χ2n) is 5.38. The van der Waals surface area contributed by atoms with E-state index in [1.165, 1.54) is 12.1 Å². The SMILES string of the molecule is CCC(CC)(CN)C(=O)N(C)Cc1ccc(OC(F)F)cc1.Cl. The quantitative estimate of drug-likeness (QED) is 0.781. The maximum Gasteiger partial charge on any atom is 0.387 e. The molecule has 0 saturated heterocycles. The number of halogens is 3. The van der Waals surface area contributed by atoms with Crippen molar-refractivity contribution in [2.24, 2.45) is 11.1 Å². The Kier molecular flexibility index (Phi) is 9.09. The normalized spacial score (nSPS) is 11.1. The molecule has 0 spiro atoms. The van der Waals surface area contributed by atoms with Crippen molar-refractivity contribution in [3.63, 3.8) is 0 Å². The van der Waals surface area contributed by atoms with Crippen molar-refractivity contribution in [2.75, 3.05) is 13.6 Å². The van der Waals surface area contributed by atoms with E-state index in [2.05, 4.69) is 4.74 Å². The van der Waals surface area contributed by atoms with Gasteiger partial charge in [0.1, 0.15) is 5.75 Å². The first-order valence-electron chi connectivity index (χ1n) is 7.38. The van der Waals surface area contributed by atoms with Crippen LogP contribution in [0.3, 0.4) is 0 Å². The van der Waals surface area contributed by atoms with E-state index < -0.39 is 12.0 Å². The Morgan fingerprint density at radius 2 is 1.78 bits per heavy atom. The maximum absolute atomic E-state index is 12.6. The van der Waals surface area contributed by atoms with Crippen LogP contribution in [0.4, 0.5) is 8.78 Å². The van der Waals surface area contributed by atoms with Gasteiger partial charge < -0.3 is 15.4 Å². The lowest BCUT2D eigenvalue weighted by atomic mass is 9.81. The van der Waals surface area contributed by atoms with Crippen molar-refractivity contribution in [2.45, 2.75) is 39.8 Å². The number of alkyl halides is 2. The van der Waals surface area contributed by atoms with Crippen LogP contribution in [0.5, 0.6) is 5.75 Å². The Bertz CT molecular complexity index is 471. The van der Waals surface area contributed by atoms with Gasteiger partial charge in [-0.05, 0) is 30.5 Å². The minimum absolute atomic E-state index is 0. The van der Waals surface area contributed by atoms with E-state index in [-0.39, 0.29) is 24.1 Å². The molecule has 0 unspecified atom stereocenters. The number of hydrogen-bond acceptors (Lipinski definition) is 3. The molecule has 0 atom stereocenters. The monoisotopic (exact) mass is 350 g/mol. The molecule has 0 aliphatic carbocycles. The van der Waals surface area contributed by atoms with Gasteiger partial charge in [0, 0.05) is 20.1 Å². The first-order chi connectivity index (χ1) is 10.4. The van der Waals surface area contributed by atoms with Crippen LogP contribution in [0.2, 0.25) is 0 Å². The smallest absolute Gasteiger partial charge is 0.387 e. The van der Waals surface area contributed by atoms with Gasteiger partial charge in [-0.1, -0.05) is 26.0 Å². The predicted molar refractivity (Wildman–Crippen MR) is 88.9 cm³/mol. The summed E-state index contributed by atoms with van der Waals surface area (Å²) in [7, 11) is 1.72. The summed E-state index contributed by atoms with van der Waals surface area (Å²) in [5, 5.41) is 0. The molecule has 0 heterocycles. The van der Waals surface area contributed by atoms with Gasteiger partial charge in [-0.3, -0.25) is 4.79 Å². The highest BCUT2D eigenvalue weighted by Crippen LogP contribution is 2.28. The van der Waals surface area contributed by atoms with E-state index in [4.69, 9.17) is 5.73 Å². The summed E-state index contributed by atoms with van der Waals surface area (Å²) in [4.78, 5) is 14.2. The Hall–Kier alpha value is -1.40. The molecule has 1 rings (SSSR count). The second-order valence-corrected chi connectivity index (χ2v) is 5.38. The fourth-order valence-corrected chi connectivity index (χ4v) is 2.46. The van der Waals surface area contributed by atoms with Crippen LogP contribution < -0.4 is 10.5 Å². The van der Waals surface area contributed by atoms with Crippen LogP contribution in [-0.4, -0.2) is 31.0 Å². The third-order valence-corrected chi connectivity index (χ3v) is 4.11. The summed E-state index contributed by atoms with van der Waals surface area (Å²) in [6, 6.07) is 6.28. The molecule has 1 aromatic rings. The molecule has 2 N–H and O–H groups in total. The largest absolute Gasteiger partial charge is 0.435 e. The molecule has 7 heteroatoms. The van der Waals surface area contributed by atoms with Crippen molar-refractivity contribution in [3.8, 4) is 5.75 Å². The molecular weight excluding hydrogens is 326 g/mol. The Morgan fingerprint density at radius 3 is 2.17 bits per heavy atom. The van der Waals surface area contributed by atoms with Gasteiger partial charge >= 0.3 is 6.61 Å². The van der Waals surface area contributed by atoms with Crippen molar-refractivity contribution in [3.05, 3.63) is 29.8 Å². The Balaban J connectivity index is 0.00000484. The molecule has 23 heavy (non-hydrogen) atoms. The van der Waals surface area contributed by atoms with E-state index in [0.717, 1.165) is 5.56 Å². The highest BCUT2D eigenvalue weighted by atomic mass is 35.5. The van der Waals surface area contributed by atoms with Crippen LogP contribution in [0.25, 0.3) is 0 Å². The second kappa shape index (κ2) is 9.67. The van der Waals surface area contributed by atoms with Gasteiger partial charge in [-0.2, -0.15) is 8.78 Å². The summed E-state index contributed by atoms with van der Waals surface area (Å²) in [5.41, 5.74) is 6.10. The molecule has 0 radical (unpaired) electrons. The van der Waals surface area contributed by atoms with Crippen LogP contribution in [0.1, 0.15) is 32.3 Å². The first kappa shape index (κ1) is 21.6. The zero-order chi connectivity index (χ0) is 16.8. The number of amides is 1. The summed E-state index contributed by atoms with van der Waals surface area (Å²) < 4.78 is 28.5. The zero-order valence-corrected chi connectivity index (χ0v) is 14.5. The first-order valence-corrected chi connectivity index (χ1v) is 7.38. The van der Waals surface area contributed by atoms with E-state index in [9.17, 15) is 13.6 Å². The number of nitrogens with two attached hydrogens (primary N) is 1. The standard InChI is InChI=1S/C16H24F2N2O2.ClH/c1-4-16(5-2,11-19)14(21)20(3)10-12-6-8-13(9-7-12)22-15(17)18;/h6-9,15H,4-5,10-11,19H2,1-3H3;1H. The number of rotatable bonds is 8. The van der Waals surface area contributed by atoms with E-state index in [1.807, 2.05) is 13.8 Å². The van der Waals surface area contributed by atoms with Crippen molar-refractivity contribution in [1.29, 1.82) is 0 Å². The van der Waals surface area contributed by atoms with E-state index >= 15 is 0 Å². The van der Waals surface area contributed by atoms with Crippen LogP contribution in [0, 0.1) is 5.41 Å². The number of ether oxygens (including phenoxy) is 1. The predicted octanol–water partition coefficient (Wildman–Crippen LogP) is 3.43. The summed E-state index contributed by atoms with van der Waals surface area (Å²) in [6.07, 6.45) is 1.37. The minimum atomic E-state index is -2.84. The molecule has 0 aliphatic rings. The molecule has 0 saturated carbocycles. The summed E-state index contributed by atoms with van der Waals surface area (Å²) >= 11 is 0. The molecule has 132 valence electrons. The molecule has 1 aromatic carbocycles. The number of carbonyl (C=O) groups excluding carboxylic acids is 1. The summed E-state index contributed by atoms with van der Waals surface area (Å²) in [6.45, 7) is 1.78. The third kappa shape index (κ3) is 5.62. The lowest BCUT2D eigenvalue weighted by molar-refractivity contribution is -0.141. The molecule has 0 aromatic heterocycles. The number of hydrogen-bond donors (Lipinski definition) is 1. The number of benzene rings is 1. The van der Waals surface area contributed by atoms with Crippen LogP contribution in [-0.2, 0) is 11.3 Å². The van der Waals surface area contributed by atoms with E-state index in [1.54, 1.807) is 24.1 Å². The van der Waals surface area contributed by atoms with Gasteiger partial charge in [0.05, 0.1) is 5.41 Å². The molecule has 0 aliphatic heterocycles. The minimum Gasteiger partial charge on any atom is -0.435 e. The van der Waals surface area contributed by atoms with Gasteiger partial charge in [-0.25, -0.2) is 0 Å². The average molecular weight is 351 g/mol. The Labute approximate surface area is 142 Å². The van der Waals surface area contributed by atoms with Gasteiger partial charge in [0.25, 0.3) is 0 Å². The van der Waals surface area contributed by atoms with Gasteiger partial charge in [-0.15, -0.1) is 12.4 Å². The fourth-order valence-electron chi connectivity index (χ4n) is 2.46. The van der Waals surface area contributed by atoms with Crippen molar-refractivity contribution < 1.29 is 18.3 Å². The molecule has 4 nitrogen and oxygen atoms in total. The van der Waals surface area contributed by atoms with Crippen molar-refractivity contribution in [1.82, 2.24) is 4.90 Å². The molecule has 0 fully saturated rings. The highest BCUT2D eigenvalue weighted by molar-refractivity contribution is 5.85. The number of nitrogens with zero attached hydrogens (tertiary/aromatic N) is 1. The lowest BCUT2D eigenvalue weighted by Crippen LogP contribution is -2.45. The van der Waals surface area contributed by atoms with Crippen LogP contribution >= 0.6 is 12.4 Å². The van der Waals surface area contributed by atoms with Crippen molar-refractivity contribution >= 4 is 18.3 Å². The highest BCUT2D eigenvalue weighted by Gasteiger charge is 2.35. The van der Waals surface area contributed by atoms with Gasteiger partial charge in [0.15, 0.2) is 0 Å². The van der Waals surface area contributed by atoms with E-state index in [0.29, 0.717) is 25.9 Å². The molecule has 0 bridgehead atoms. The topological polar surface area (TPSA) is 55.6 Å². The molecular formula is C16H25ClF2N2O2. The number of carbonyl (C=O) groups is 1. The lowest BCUT2D eigenvalue weighted by Gasteiger charge is -2.33. The summed E-state index contributed by atoms with van der Waals surface area (Å²) in [5.74, 6) is 0.110. The zero-order valence-electron chi connectivity index (χ0n) is 13.7. The maximum atomic E-state index is 12.6.